The Labute approximate surface area is 255 Å². The van der Waals surface area contributed by atoms with E-state index in [9.17, 15) is 4.79 Å². The van der Waals surface area contributed by atoms with Crippen LogP contribution in [0.2, 0.25) is 10.0 Å². The first kappa shape index (κ1) is 29.2. The van der Waals surface area contributed by atoms with Crippen molar-refractivity contribution in [3.8, 4) is 22.8 Å². The highest BCUT2D eigenvalue weighted by Gasteiger charge is 2.43. The lowest BCUT2D eigenvalue weighted by Crippen LogP contribution is -2.29. The van der Waals surface area contributed by atoms with E-state index in [1.165, 1.54) is 6.08 Å². The molecule has 4 heterocycles. The maximum atomic E-state index is 12.0. The average molecular weight is 613 g/mol. The van der Waals surface area contributed by atoms with Gasteiger partial charge in [0, 0.05) is 53.5 Å². The molecule has 0 bridgehead atoms. The summed E-state index contributed by atoms with van der Waals surface area (Å²) in [6.07, 6.45) is 7.83. The van der Waals surface area contributed by atoms with E-state index in [1.54, 1.807) is 20.3 Å². The second kappa shape index (κ2) is 12.0. The second-order valence-electron chi connectivity index (χ2n) is 11.6. The van der Waals surface area contributed by atoms with Gasteiger partial charge < -0.3 is 24.3 Å². The first-order chi connectivity index (χ1) is 20.3. The number of nitrogens with one attached hydrogen (secondary N) is 1. The number of rotatable bonds is 9. The topological polar surface area (TPSA) is 91.8 Å². The zero-order valence-corrected chi connectivity index (χ0v) is 25.4. The van der Waals surface area contributed by atoms with Crippen molar-refractivity contribution in [3.05, 3.63) is 52.8 Å². The van der Waals surface area contributed by atoms with Gasteiger partial charge in [-0.15, -0.1) is 0 Å². The fourth-order valence-electron chi connectivity index (χ4n) is 6.74. The van der Waals surface area contributed by atoms with Crippen LogP contribution < -0.4 is 14.8 Å². The van der Waals surface area contributed by atoms with Gasteiger partial charge in [0.2, 0.25) is 0 Å². The lowest BCUT2D eigenvalue weighted by Gasteiger charge is -2.22. The van der Waals surface area contributed by atoms with Gasteiger partial charge in [-0.05, 0) is 49.3 Å². The number of benzene rings is 1. The Kier molecular flexibility index (Phi) is 8.33. The van der Waals surface area contributed by atoms with Crippen LogP contribution >= 0.6 is 23.2 Å². The van der Waals surface area contributed by atoms with Crippen molar-refractivity contribution in [3.63, 3.8) is 0 Å². The number of ketones is 1. The molecular weight excluding hydrogens is 577 g/mol. The summed E-state index contributed by atoms with van der Waals surface area (Å²) in [4.78, 5) is 22.1. The molecule has 0 amide bonds. The van der Waals surface area contributed by atoms with E-state index in [4.69, 9.17) is 52.1 Å². The van der Waals surface area contributed by atoms with Crippen LogP contribution in [0.4, 0.5) is 5.82 Å². The number of ether oxygens (including phenoxy) is 4. The molecule has 2 saturated heterocycles. The van der Waals surface area contributed by atoms with Crippen LogP contribution in [0.5, 0.6) is 11.5 Å². The molecule has 3 aliphatic rings. The molecular formula is C32H35Cl2N3O5. The smallest absolute Gasteiger partial charge is 0.155 e. The SMILES string of the molecule is C=CC(=O)C[C@H]1COC[C@H]1Nc1cc2c(C3CCC4(CCOC4)C3)nc(-c3c(Cl)c(OC)cc(OC)c3Cl)cc2cn1. The molecule has 1 saturated carbocycles. The van der Waals surface area contributed by atoms with Crippen LogP contribution in [0.1, 0.15) is 43.7 Å². The molecule has 1 spiro atoms. The van der Waals surface area contributed by atoms with Gasteiger partial charge in [-0.25, -0.2) is 4.98 Å². The van der Waals surface area contributed by atoms with Crippen LogP contribution in [-0.4, -0.2) is 62.4 Å². The summed E-state index contributed by atoms with van der Waals surface area (Å²) in [5, 5.41) is 6.23. The first-order valence-electron chi connectivity index (χ1n) is 14.3. The number of anilines is 1. The fourth-order valence-corrected chi connectivity index (χ4v) is 7.43. The van der Waals surface area contributed by atoms with Gasteiger partial charge in [-0.2, -0.15) is 0 Å². The number of methoxy groups -OCH3 is 2. The fraction of sp³-hybridized carbons (Fsp3) is 0.469. The molecule has 1 aromatic carbocycles. The van der Waals surface area contributed by atoms with E-state index >= 15 is 0 Å². The summed E-state index contributed by atoms with van der Waals surface area (Å²) < 4.78 is 22.6. The Hall–Kier alpha value is -2.91. The minimum Gasteiger partial charge on any atom is -0.495 e. The molecule has 42 heavy (non-hydrogen) atoms. The van der Waals surface area contributed by atoms with E-state index in [2.05, 4.69) is 18.0 Å². The molecule has 2 aromatic heterocycles. The summed E-state index contributed by atoms with van der Waals surface area (Å²) in [6, 6.07) is 5.69. The van der Waals surface area contributed by atoms with Crippen molar-refractivity contribution < 1.29 is 23.7 Å². The first-order valence-corrected chi connectivity index (χ1v) is 15.1. The summed E-state index contributed by atoms with van der Waals surface area (Å²) in [6.45, 7) is 6.26. The molecule has 3 fully saturated rings. The third kappa shape index (κ3) is 5.46. The van der Waals surface area contributed by atoms with Gasteiger partial charge in [0.05, 0.1) is 61.5 Å². The summed E-state index contributed by atoms with van der Waals surface area (Å²) >= 11 is 13.7. The molecule has 222 valence electrons. The molecule has 4 atom stereocenters. The number of allylic oxidation sites excluding steroid dienone is 1. The predicted molar refractivity (Wildman–Crippen MR) is 164 cm³/mol. The predicted octanol–water partition coefficient (Wildman–Crippen LogP) is 6.87. The minimum absolute atomic E-state index is 0.0142. The van der Waals surface area contributed by atoms with Gasteiger partial charge >= 0.3 is 0 Å². The monoisotopic (exact) mass is 611 g/mol. The van der Waals surface area contributed by atoms with Crippen molar-refractivity contribution >= 4 is 45.6 Å². The molecule has 6 rings (SSSR count). The van der Waals surface area contributed by atoms with Gasteiger partial charge in [0.25, 0.3) is 0 Å². The van der Waals surface area contributed by atoms with Crippen LogP contribution in [0, 0.1) is 11.3 Å². The Morgan fingerprint density at radius 1 is 1.14 bits per heavy atom. The molecule has 2 aliphatic heterocycles. The number of hydrogen-bond donors (Lipinski definition) is 1. The van der Waals surface area contributed by atoms with E-state index in [1.807, 2.05) is 12.3 Å². The maximum absolute atomic E-state index is 12.0. The summed E-state index contributed by atoms with van der Waals surface area (Å²) in [7, 11) is 3.12. The van der Waals surface area contributed by atoms with E-state index in [0.29, 0.717) is 52.4 Å². The third-order valence-corrected chi connectivity index (χ3v) is 9.82. The minimum atomic E-state index is -0.0261. The van der Waals surface area contributed by atoms with Crippen LogP contribution in [0.15, 0.2) is 37.1 Å². The van der Waals surface area contributed by atoms with Crippen LogP contribution in [-0.2, 0) is 14.3 Å². The lowest BCUT2D eigenvalue weighted by atomic mass is 9.84. The van der Waals surface area contributed by atoms with Gasteiger partial charge in [-0.3, -0.25) is 9.78 Å². The number of hydrogen-bond acceptors (Lipinski definition) is 8. The van der Waals surface area contributed by atoms with Gasteiger partial charge in [0.15, 0.2) is 5.78 Å². The van der Waals surface area contributed by atoms with Crippen molar-refractivity contribution in [2.45, 2.75) is 44.1 Å². The van der Waals surface area contributed by atoms with Crippen molar-refractivity contribution in [2.75, 3.05) is 46.0 Å². The number of pyridine rings is 2. The van der Waals surface area contributed by atoms with E-state index in [-0.39, 0.29) is 29.1 Å². The maximum Gasteiger partial charge on any atom is 0.155 e. The van der Waals surface area contributed by atoms with Gasteiger partial charge in [0.1, 0.15) is 17.3 Å². The Morgan fingerprint density at radius 3 is 2.62 bits per heavy atom. The van der Waals surface area contributed by atoms with Crippen molar-refractivity contribution in [2.24, 2.45) is 11.3 Å². The molecule has 1 N–H and O–H groups in total. The van der Waals surface area contributed by atoms with Crippen LogP contribution in [0.3, 0.4) is 0 Å². The third-order valence-electron chi connectivity index (χ3n) is 9.07. The number of carbonyl (C=O) groups is 1. The Balaban J connectivity index is 1.44. The largest absolute Gasteiger partial charge is 0.495 e. The van der Waals surface area contributed by atoms with Crippen molar-refractivity contribution in [1.82, 2.24) is 9.97 Å². The molecule has 3 aromatic rings. The highest BCUT2D eigenvalue weighted by molar-refractivity contribution is 6.41. The van der Waals surface area contributed by atoms with E-state index < -0.39 is 0 Å². The van der Waals surface area contributed by atoms with Gasteiger partial charge in [-0.1, -0.05) is 29.8 Å². The molecule has 0 radical (unpaired) electrons. The van der Waals surface area contributed by atoms with Crippen LogP contribution in [0.25, 0.3) is 22.0 Å². The quantitative estimate of drug-likeness (QED) is 0.262. The Morgan fingerprint density at radius 2 is 1.93 bits per heavy atom. The van der Waals surface area contributed by atoms with Crippen molar-refractivity contribution in [1.29, 1.82) is 0 Å². The number of aromatic nitrogens is 2. The zero-order chi connectivity index (χ0) is 29.4. The van der Waals surface area contributed by atoms with E-state index in [0.717, 1.165) is 61.2 Å². The number of nitrogens with zero attached hydrogens (tertiary/aromatic N) is 2. The normalized spacial score (nSPS) is 25.3. The molecule has 2 unspecified atom stereocenters. The average Bonchev–Trinajstić information content (AvgIpc) is 3.75. The number of carbonyl (C=O) groups excluding carboxylic acids is 1. The second-order valence-corrected chi connectivity index (χ2v) is 12.4. The summed E-state index contributed by atoms with van der Waals surface area (Å²) in [5.41, 5.74) is 2.40. The number of halogens is 2. The zero-order valence-electron chi connectivity index (χ0n) is 23.9. The molecule has 10 heteroatoms. The highest BCUT2D eigenvalue weighted by Crippen LogP contribution is 2.53. The Bertz CT molecular complexity index is 1500. The molecule has 8 nitrogen and oxygen atoms in total. The molecule has 1 aliphatic carbocycles. The lowest BCUT2D eigenvalue weighted by molar-refractivity contribution is -0.115. The summed E-state index contributed by atoms with van der Waals surface area (Å²) in [5.74, 6) is 1.95. The number of fused-ring (bicyclic) bond motifs is 1. The standard InChI is InChI=1S/C32H35Cl2N3O5/c1-4-21(38)9-20-15-42-16-24(20)36-27-11-22-19(14-35-27)10-23(28-29(33)25(39-2)12-26(40-3)30(28)34)37-31(22)18-5-6-32(13-18)7-8-41-17-32/h4,10-12,14,18,20,24H,1,5-9,13,15-17H2,2-3H3,(H,35,36)/t18?,20-,24+,32?/m0/s1. The highest BCUT2D eigenvalue weighted by atomic mass is 35.5.